The first-order valence-electron chi connectivity index (χ1n) is 9.84. The monoisotopic (exact) mass is 397 g/mol. The average Bonchev–Trinajstić information content (AvgIpc) is 2.80. The quantitative estimate of drug-likeness (QED) is 0.483. The lowest BCUT2D eigenvalue weighted by molar-refractivity contribution is -0.130. The standard InChI is InChI=1S/C25H23N3O2/c1-2-28(18-26)25(30)23(17-19-11-5-3-6-12-19)27-24(29)22-16-10-9-15-21(22)20-13-7-4-8-14-20/h3-16,23H,2,17H2,1H3,(H,27,29). The lowest BCUT2D eigenvalue weighted by Crippen LogP contribution is -2.48. The first-order valence-corrected chi connectivity index (χ1v) is 9.84. The van der Waals surface area contributed by atoms with Gasteiger partial charge in [-0.15, -0.1) is 0 Å². The second-order valence-electron chi connectivity index (χ2n) is 6.81. The summed E-state index contributed by atoms with van der Waals surface area (Å²) in [6, 6.07) is 25.5. The zero-order valence-electron chi connectivity index (χ0n) is 16.8. The molecule has 3 rings (SSSR count). The third-order valence-electron chi connectivity index (χ3n) is 4.85. The topological polar surface area (TPSA) is 73.2 Å². The van der Waals surface area contributed by atoms with Gasteiger partial charge in [0.15, 0.2) is 6.19 Å². The van der Waals surface area contributed by atoms with Crippen LogP contribution in [0, 0.1) is 11.5 Å². The molecule has 0 saturated heterocycles. The van der Waals surface area contributed by atoms with Crippen molar-refractivity contribution in [2.24, 2.45) is 0 Å². The number of amides is 2. The number of carbonyl (C=O) groups excluding carboxylic acids is 2. The molecular formula is C25H23N3O2. The molecule has 5 nitrogen and oxygen atoms in total. The van der Waals surface area contributed by atoms with E-state index in [9.17, 15) is 14.9 Å². The van der Waals surface area contributed by atoms with Crippen molar-refractivity contribution in [3.05, 3.63) is 96.1 Å². The highest BCUT2D eigenvalue weighted by Crippen LogP contribution is 2.23. The minimum Gasteiger partial charge on any atom is -0.340 e. The fourth-order valence-corrected chi connectivity index (χ4v) is 3.30. The summed E-state index contributed by atoms with van der Waals surface area (Å²) in [5, 5.41) is 12.2. The van der Waals surface area contributed by atoms with Crippen molar-refractivity contribution in [2.45, 2.75) is 19.4 Å². The molecule has 3 aromatic rings. The average molecular weight is 397 g/mol. The fourth-order valence-electron chi connectivity index (χ4n) is 3.30. The molecule has 0 radical (unpaired) electrons. The van der Waals surface area contributed by atoms with E-state index in [2.05, 4.69) is 5.32 Å². The summed E-state index contributed by atoms with van der Waals surface area (Å²) in [7, 11) is 0. The summed E-state index contributed by atoms with van der Waals surface area (Å²) in [4.78, 5) is 27.2. The molecule has 3 aromatic carbocycles. The van der Waals surface area contributed by atoms with Crippen LogP contribution in [0.25, 0.3) is 11.1 Å². The van der Waals surface area contributed by atoms with Gasteiger partial charge in [-0.3, -0.25) is 9.59 Å². The number of nitriles is 1. The molecule has 0 aliphatic heterocycles. The number of benzene rings is 3. The summed E-state index contributed by atoms with van der Waals surface area (Å²) in [5.74, 6) is -0.771. The smallest absolute Gasteiger partial charge is 0.258 e. The van der Waals surface area contributed by atoms with E-state index in [1.807, 2.05) is 79.0 Å². The van der Waals surface area contributed by atoms with Gasteiger partial charge in [0.05, 0.1) is 0 Å². The zero-order chi connectivity index (χ0) is 21.3. The van der Waals surface area contributed by atoms with Gasteiger partial charge >= 0.3 is 0 Å². The third kappa shape index (κ3) is 4.92. The van der Waals surface area contributed by atoms with Gasteiger partial charge in [-0.1, -0.05) is 78.9 Å². The van der Waals surface area contributed by atoms with Crippen molar-refractivity contribution < 1.29 is 9.59 Å². The van der Waals surface area contributed by atoms with Gasteiger partial charge in [-0.05, 0) is 29.7 Å². The highest BCUT2D eigenvalue weighted by molar-refractivity contribution is 6.03. The van der Waals surface area contributed by atoms with Crippen LogP contribution in [-0.2, 0) is 11.2 Å². The maximum absolute atomic E-state index is 13.2. The van der Waals surface area contributed by atoms with Crippen LogP contribution in [0.3, 0.4) is 0 Å². The Balaban J connectivity index is 1.90. The van der Waals surface area contributed by atoms with Gasteiger partial charge in [0.1, 0.15) is 6.04 Å². The van der Waals surface area contributed by atoms with E-state index in [1.54, 1.807) is 19.1 Å². The molecule has 0 aliphatic carbocycles. The van der Waals surface area contributed by atoms with Crippen LogP contribution in [-0.4, -0.2) is 29.3 Å². The van der Waals surface area contributed by atoms with Crippen molar-refractivity contribution in [2.75, 3.05) is 6.54 Å². The summed E-state index contributed by atoms with van der Waals surface area (Å²) in [6.45, 7) is 1.98. The van der Waals surface area contributed by atoms with E-state index in [4.69, 9.17) is 0 Å². The van der Waals surface area contributed by atoms with E-state index < -0.39 is 11.9 Å². The van der Waals surface area contributed by atoms with Crippen molar-refractivity contribution >= 4 is 11.8 Å². The molecule has 0 fully saturated rings. The van der Waals surface area contributed by atoms with Gasteiger partial charge in [-0.2, -0.15) is 5.26 Å². The van der Waals surface area contributed by atoms with Crippen LogP contribution in [0.2, 0.25) is 0 Å². The van der Waals surface area contributed by atoms with E-state index in [-0.39, 0.29) is 12.5 Å². The molecule has 2 amide bonds. The molecule has 1 unspecified atom stereocenters. The molecule has 0 saturated carbocycles. The van der Waals surface area contributed by atoms with Gasteiger partial charge in [0.2, 0.25) is 0 Å². The van der Waals surface area contributed by atoms with Gasteiger partial charge in [0, 0.05) is 18.5 Å². The van der Waals surface area contributed by atoms with Crippen molar-refractivity contribution in [1.82, 2.24) is 10.2 Å². The zero-order valence-corrected chi connectivity index (χ0v) is 16.8. The number of nitrogens with one attached hydrogen (secondary N) is 1. The maximum Gasteiger partial charge on any atom is 0.258 e. The number of hydrogen-bond donors (Lipinski definition) is 1. The fraction of sp³-hybridized carbons (Fsp3) is 0.160. The Kier molecular flexibility index (Phi) is 6.96. The highest BCUT2D eigenvalue weighted by Gasteiger charge is 2.27. The van der Waals surface area contributed by atoms with Crippen molar-refractivity contribution in [3.63, 3.8) is 0 Å². The predicted molar refractivity (Wildman–Crippen MR) is 116 cm³/mol. The Morgan fingerprint density at radius 1 is 0.933 bits per heavy atom. The largest absolute Gasteiger partial charge is 0.340 e. The van der Waals surface area contributed by atoms with Crippen LogP contribution >= 0.6 is 0 Å². The molecular weight excluding hydrogens is 374 g/mol. The summed E-state index contributed by atoms with van der Waals surface area (Å²) in [5.41, 5.74) is 3.09. The number of nitrogens with zero attached hydrogens (tertiary/aromatic N) is 2. The number of hydrogen-bond acceptors (Lipinski definition) is 3. The third-order valence-corrected chi connectivity index (χ3v) is 4.85. The molecule has 150 valence electrons. The lowest BCUT2D eigenvalue weighted by Gasteiger charge is -2.22. The molecule has 30 heavy (non-hydrogen) atoms. The van der Waals surface area contributed by atoms with E-state index in [1.165, 1.54) is 0 Å². The van der Waals surface area contributed by atoms with Gasteiger partial charge < -0.3 is 5.32 Å². The Morgan fingerprint density at radius 2 is 1.53 bits per heavy atom. The molecule has 1 atom stereocenters. The summed E-state index contributed by atoms with van der Waals surface area (Å²) < 4.78 is 0. The Hall–Kier alpha value is -3.91. The van der Waals surface area contributed by atoms with Crippen molar-refractivity contribution in [3.8, 4) is 17.3 Å². The molecule has 0 spiro atoms. The second-order valence-corrected chi connectivity index (χ2v) is 6.81. The van der Waals surface area contributed by atoms with E-state index in [0.717, 1.165) is 21.6 Å². The SMILES string of the molecule is CCN(C#N)C(=O)C(Cc1ccccc1)NC(=O)c1ccccc1-c1ccccc1. The van der Waals surface area contributed by atoms with Gasteiger partial charge in [-0.25, -0.2) is 4.90 Å². The van der Waals surface area contributed by atoms with Crippen LogP contribution in [0.1, 0.15) is 22.8 Å². The first kappa shape index (κ1) is 20.8. The van der Waals surface area contributed by atoms with Crippen LogP contribution < -0.4 is 5.32 Å². The Bertz CT molecular complexity index is 1040. The van der Waals surface area contributed by atoms with Gasteiger partial charge in [0.25, 0.3) is 11.8 Å². The van der Waals surface area contributed by atoms with Crippen molar-refractivity contribution in [1.29, 1.82) is 5.26 Å². The Morgan fingerprint density at radius 3 is 2.17 bits per heavy atom. The van der Waals surface area contributed by atoms with Crippen LogP contribution in [0.15, 0.2) is 84.9 Å². The predicted octanol–water partition coefficient (Wildman–Crippen LogP) is 4.02. The van der Waals surface area contributed by atoms with E-state index >= 15 is 0 Å². The molecule has 5 heteroatoms. The van der Waals surface area contributed by atoms with Crippen LogP contribution in [0.5, 0.6) is 0 Å². The highest BCUT2D eigenvalue weighted by atomic mass is 16.2. The summed E-state index contributed by atoms with van der Waals surface area (Å²) in [6.07, 6.45) is 2.20. The molecule has 1 N–H and O–H groups in total. The molecule has 0 aromatic heterocycles. The first-order chi connectivity index (χ1) is 14.6. The molecule has 0 aliphatic rings. The van der Waals surface area contributed by atoms with Crippen LogP contribution in [0.4, 0.5) is 0 Å². The minimum absolute atomic E-state index is 0.247. The minimum atomic E-state index is -0.844. The molecule has 0 bridgehead atoms. The second kappa shape index (κ2) is 10.0. The number of rotatable bonds is 7. The maximum atomic E-state index is 13.2. The van der Waals surface area contributed by atoms with E-state index in [0.29, 0.717) is 12.0 Å². The number of carbonyl (C=O) groups is 2. The normalized spacial score (nSPS) is 11.2. The number of likely N-dealkylation sites (N-methyl/N-ethyl adjacent to an activating group) is 1. The Labute approximate surface area is 176 Å². The summed E-state index contributed by atoms with van der Waals surface area (Å²) >= 11 is 0. The molecule has 0 heterocycles. The lowest BCUT2D eigenvalue weighted by atomic mass is 9.98.